The van der Waals surface area contributed by atoms with E-state index in [0.717, 1.165) is 55.7 Å². The fourth-order valence-electron chi connectivity index (χ4n) is 10.2. The Morgan fingerprint density at radius 1 is 0.387 bits per heavy atom. The third-order valence-electron chi connectivity index (χ3n) is 13.3. The van der Waals surface area contributed by atoms with E-state index in [0.29, 0.717) is 17.5 Å². The number of benzene rings is 8. The van der Waals surface area contributed by atoms with Crippen molar-refractivity contribution in [2.24, 2.45) is 0 Å². The summed E-state index contributed by atoms with van der Waals surface area (Å²) < 4.78 is 6.81. The number of furan rings is 1. The topological polar surface area (TPSA) is 55.1 Å². The number of rotatable bonds is 6. The van der Waals surface area contributed by atoms with Crippen LogP contribution in [0.5, 0.6) is 0 Å². The van der Waals surface area contributed by atoms with Crippen LogP contribution in [0.4, 0.5) is 17.1 Å². The van der Waals surface area contributed by atoms with Crippen molar-refractivity contribution >= 4 is 39.0 Å². The standard InChI is InChI=1S/C57H42N4O/c1-56(2)45-22-13-11-20-40(45)42-30-27-38(33-47(42)56)61(39-28-31-43-41-21-12-14-23-46(41)57(3,4)48(43)34-39)49-24-15-25-50-52(49)44-29-26-37(32-51(44)62-50)55-59-53(35-16-7-5-8-17-35)58-54(60-55)36-18-9-6-10-19-36/h5-34H,1-4H3. The molecule has 0 amide bonds. The van der Waals surface area contributed by atoms with Crippen LogP contribution in [0.15, 0.2) is 186 Å². The Bertz CT molecular complexity index is 3250. The molecule has 0 unspecified atom stereocenters. The van der Waals surface area contributed by atoms with E-state index in [2.05, 4.69) is 154 Å². The normalized spacial score (nSPS) is 14.1. The highest BCUT2D eigenvalue weighted by Gasteiger charge is 2.38. The lowest BCUT2D eigenvalue weighted by molar-refractivity contribution is 0.660. The molecule has 5 nitrogen and oxygen atoms in total. The first-order valence-corrected chi connectivity index (χ1v) is 21.4. The summed E-state index contributed by atoms with van der Waals surface area (Å²) in [5.74, 6) is 1.84. The summed E-state index contributed by atoms with van der Waals surface area (Å²) in [4.78, 5) is 17.4. The smallest absolute Gasteiger partial charge is 0.164 e. The molecule has 0 aliphatic heterocycles. The van der Waals surface area contributed by atoms with Crippen molar-refractivity contribution in [2.45, 2.75) is 38.5 Å². The lowest BCUT2D eigenvalue weighted by Gasteiger charge is -2.30. The van der Waals surface area contributed by atoms with Crippen molar-refractivity contribution in [3.63, 3.8) is 0 Å². The van der Waals surface area contributed by atoms with Gasteiger partial charge in [-0.3, -0.25) is 0 Å². The first-order chi connectivity index (χ1) is 30.2. The minimum absolute atomic E-state index is 0.157. The van der Waals surface area contributed by atoms with E-state index in [4.69, 9.17) is 19.4 Å². The van der Waals surface area contributed by atoms with Gasteiger partial charge in [0.1, 0.15) is 11.2 Å². The van der Waals surface area contributed by atoms with E-state index < -0.39 is 0 Å². The predicted octanol–water partition coefficient (Wildman–Crippen LogP) is 14.9. The molecule has 2 aliphatic carbocycles. The second-order valence-electron chi connectivity index (χ2n) is 17.6. The highest BCUT2D eigenvalue weighted by Crippen LogP contribution is 2.54. The average Bonchev–Trinajstić information content (AvgIpc) is 3.89. The molecule has 62 heavy (non-hydrogen) atoms. The van der Waals surface area contributed by atoms with E-state index in [1.807, 2.05) is 60.7 Å². The van der Waals surface area contributed by atoms with Crippen LogP contribution in [-0.4, -0.2) is 15.0 Å². The van der Waals surface area contributed by atoms with Crippen molar-refractivity contribution in [3.8, 4) is 56.4 Å². The summed E-state index contributed by atoms with van der Waals surface area (Å²) in [7, 11) is 0. The summed E-state index contributed by atoms with van der Waals surface area (Å²) in [6.45, 7) is 9.39. The second-order valence-corrected chi connectivity index (χ2v) is 17.6. The Labute approximate surface area is 361 Å². The maximum absolute atomic E-state index is 6.81. The molecule has 0 N–H and O–H groups in total. The van der Waals surface area contributed by atoms with Gasteiger partial charge in [0.25, 0.3) is 0 Å². The summed E-state index contributed by atoms with van der Waals surface area (Å²) in [6.07, 6.45) is 0. The number of hydrogen-bond acceptors (Lipinski definition) is 5. The molecular weight excluding hydrogens is 757 g/mol. The van der Waals surface area contributed by atoms with Crippen LogP contribution in [0.2, 0.25) is 0 Å². The third kappa shape index (κ3) is 5.44. The van der Waals surface area contributed by atoms with E-state index in [9.17, 15) is 0 Å². The van der Waals surface area contributed by atoms with Gasteiger partial charge in [0.15, 0.2) is 17.5 Å². The van der Waals surface area contributed by atoms with Crippen LogP contribution in [0.3, 0.4) is 0 Å². The van der Waals surface area contributed by atoms with Crippen LogP contribution >= 0.6 is 0 Å². The summed E-state index contributed by atoms with van der Waals surface area (Å²) in [5.41, 5.74) is 17.8. The highest BCUT2D eigenvalue weighted by atomic mass is 16.3. The van der Waals surface area contributed by atoms with Gasteiger partial charge in [-0.15, -0.1) is 0 Å². The van der Waals surface area contributed by atoms with Gasteiger partial charge >= 0.3 is 0 Å². The Kier molecular flexibility index (Phi) is 7.85. The SMILES string of the molecule is CC1(C)c2ccccc2-c2ccc(N(c3ccc4c(c3)C(C)(C)c3ccccc3-4)c3cccc4oc5cc(-c6nc(-c7ccccc7)nc(-c7ccccc7)n6)ccc5c34)cc21. The van der Waals surface area contributed by atoms with E-state index in [1.165, 1.54) is 44.5 Å². The molecule has 2 aromatic heterocycles. The van der Waals surface area contributed by atoms with Gasteiger partial charge in [0.05, 0.1) is 11.1 Å². The van der Waals surface area contributed by atoms with E-state index in [-0.39, 0.29) is 10.8 Å². The largest absolute Gasteiger partial charge is 0.456 e. The Hall–Kier alpha value is -7.63. The highest BCUT2D eigenvalue weighted by molar-refractivity contribution is 6.14. The third-order valence-corrected chi connectivity index (χ3v) is 13.3. The van der Waals surface area contributed by atoms with Crippen molar-refractivity contribution in [1.29, 1.82) is 0 Å². The maximum Gasteiger partial charge on any atom is 0.164 e. The predicted molar refractivity (Wildman–Crippen MR) is 253 cm³/mol. The number of hydrogen-bond donors (Lipinski definition) is 0. The zero-order valence-electron chi connectivity index (χ0n) is 35.0. The van der Waals surface area contributed by atoms with Gasteiger partial charge in [-0.1, -0.05) is 161 Å². The van der Waals surface area contributed by atoms with Crippen LogP contribution in [0.25, 0.3) is 78.4 Å². The van der Waals surface area contributed by atoms with Crippen LogP contribution in [-0.2, 0) is 10.8 Å². The van der Waals surface area contributed by atoms with Crippen LogP contribution in [0, 0.1) is 0 Å². The zero-order chi connectivity index (χ0) is 41.7. The van der Waals surface area contributed by atoms with Gasteiger partial charge in [-0.25, -0.2) is 15.0 Å². The molecular formula is C57H42N4O. The fraction of sp³-hybridized carbons (Fsp3) is 0.105. The molecule has 0 fully saturated rings. The Morgan fingerprint density at radius 2 is 0.871 bits per heavy atom. The number of fused-ring (bicyclic) bond motifs is 9. The van der Waals surface area contributed by atoms with E-state index >= 15 is 0 Å². The van der Waals surface area contributed by atoms with Crippen molar-refractivity contribution in [3.05, 3.63) is 204 Å². The lowest BCUT2D eigenvalue weighted by Crippen LogP contribution is -2.18. The quantitative estimate of drug-likeness (QED) is 0.168. The summed E-state index contributed by atoms with van der Waals surface area (Å²) >= 11 is 0. The minimum atomic E-state index is -0.157. The Balaban J connectivity index is 1.05. The van der Waals surface area contributed by atoms with Crippen molar-refractivity contribution in [2.75, 3.05) is 4.90 Å². The summed E-state index contributed by atoms with van der Waals surface area (Å²) in [5, 5.41) is 2.07. The molecule has 0 bridgehead atoms. The number of anilines is 3. The molecule has 0 radical (unpaired) electrons. The van der Waals surface area contributed by atoms with Gasteiger partial charge in [-0.2, -0.15) is 0 Å². The molecule has 2 aliphatic rings. The van der Waals surface area contributed by atoms with Crippen molar-refractivity contribution in [1.82, 2.24) is 15.0 Å². The molecule has 0 spiro atoms. The fourth-order valence-corrected chi connectivity index (χ4v) is 10.2. The molecule has 12 rings (SSSR count). The minimum Gasteiger partial charge on any atom is -0.456 e. The summed E-state index contributed by atoms with van der Waals surface area (Å²) in [6, 6.07) is 64.7. The first-order valence-electron chi connectivity index (χ1n) is 21.4. The van der Waals surface area contributed by atoms with E-state index in [1.54, 1.807) is 0 Å². The zero-order valence-corrected chi connectivity index (χ0v) is 35.0. The molecule has 2 heterocycles. The van der Waals surface area contributed by atoms with Gasteiger partial charge in [0, 0.05) is 44.3 Å². The van der Waals surface area contributed by atoms with Crippen LogP contribution in [0.1, 0.15) is 49.9 Å². The molecule has 0 atom stereocenters. The number of aromatic nitrogens is 3. The molecule has 10 aromatic rings. The van der Waals surface area contributed by atoms with Gasteiger partial charge < -0.3 is 9.32 Å². The lowest BCUT2D eigenvalue weighted by atomic mass is 9.82. The maximum atomic E-state index is 6.81. The molecule has 5 heteroatoms. The van der Waals surface area contributed by atoms with Gasteiger partial charge in [0.2, 0.25) is 0 Å². The molecule has 296 valence electrons. The van der Waals surface area contributed by atoms with Gasteiger partial charge in [-0.05, 0) is 93.0 Å². The molecule has 8 aromatic carbocycles. The second kappa shape index (κ2) is 13.4. The Morgan fingerprint density at radius 3 is 1.42 bits per heavy atom. The molecule has 0 saturated heterocycles. The average molecular weight is 799 g/mol. The number of nitrogens with zero attached hydrogens (tertiary/aromatic N) is 4. The van der Waals surface area contributed by atoms with Crippen molar-refractivity contribution < 1.29 is 4.42 Å². The monoisotopic (exact) mass is 798 g/mol. The first kappa shape index (κ1) is 36.2. The molecule has 0 saturated carbocycles. The van der Waals surface area contributed by atoms with Crippen LogP contribution < -0.4 is 4.90 Å².